The van der Waals surface area contributed by atoms with Gasteiger partial charge >= 0.3 is 5.97 Å². The van der Waals surface area contributed by atoms with E-state index >= 15 is 0 Å². The van der Waals surface area contributed by atoms with Crippen molar-refractivity contribution in [1.82, 2.24) is 9.97 Å². The lowest BCUT2D eigenvalue weighted by molar-refractivity contribution is -0.136. The van der Waals surface area contributed by atoms with Crippen LogP contribution >= 0.6 is 11.6 Å². The van der Waals surface area contributed by atoms with Crippen LogP contribution in [-0.4, -0.2) is 21.0 Å². The molecule has 1 aromatic heterocycles. The molecule has 0 spiro atoms. The van der Waals surface area contributed by atoms with E-state index in [1.807, 2.05) is 0 Å². The van der Waals surface area contributed by atoms with Crippen molar-refractivity contribution in [3.8, 4) is 11.4 Å². The van der Waals surface area contributed by atoms with Crippen LogP contribution in [0.15, 0.2) is 18.2 Å². The van der Waals surface area contributed by atoms with Crippen molar-refractivity contribution in [2.45, 2.75) is 26.7 Å². The monoisotopic (exact) mass is 308 g/mol. The van der Waals surface area contributed by atoms with E-state index in [0.29, 0.717) is 17.8 Å². The number of benzene rings is 1. The SMILES string of the molecule is Cc1nc(-c2ccc(F)c(Cl)c2)nc(C)c1CCC(=O)O. The van der Waals surface area contributed by atoms with Gasteiger partial charge in [-0.3, -0.25) is 4.79 Å². The number of nitrogens with zero attached hydrogens (tertiary/aromatic N) is 2. The second-order valence-corrected chi connectivity index (χ2v) is 5.13. The third-order valence-corrected chi connectivity index (χ3v) is 3.48. The number of aliphatic carboxylic acids is 1. The average molecular weight is 309 g/mol. The fourth-order valence-corrected chi connectivity index (χ4v) is 2.28. The zero-order chi connectivity index (χ0) is 15.6. The molecule has 0 amide bonds. The molecule has 2 rings (SSSR count). The van der Waals surface area contributed by atoms with E-state index in [1.54, 1.807) is 19.9 Å². The van der Waals surface area contributed by atoms with E-state index < -0.39 is 11.8 Å². The third kappa shape index (κ3) is 3.55. The maximum absolute atomic E-state index is 13.2. The summed E-state index contributed by atoms with van der Waals surface area (Å²) in [6.45, 7) is 3.61. The molecule has 0 aliphatic heterocycles. The highest BCUT2D eigenvalue weighted by Crippen LogP contribution is 2.24. The normalized spacial score (nSPS) is 10.7. The summed E-state index contributed by atoms with van der Waals surface area (Å²) in [5.74, 6) is -0.902. The molecule has 0 saturated carbocycles. The number of hydrogen-bond donors (Lipinski definition) is 1. The Hall–Kier alpha value is -2.01. The molecule has 2 aromatic rings. The van der Waals surface area contributed by atoms with Gasteiger partial charge in [0.15, 0.2) is 5.82 Å². The molecule has 1 heterocycles. The van der Waals surface area contributed by atoms with Gasteiger partial charge in [-0.1, -0.05) is 11.6 Å². The Kier molecular flexibility index (Phi) is 4.53. The molecular formula is C15H14ClFN2O2. The predicted octanol–water partition coefficient (Wildman–Crippen LogP) is 3.57. The van der Waals surface area contributed by atoms with Crippen molar-refractivity contribution in [2.75, 3.05) is 0 Å². The number of halogens is 2. The zero-order valence-corrected chi connectivity index (χ0v) is 12.4. The second-order valence-electron chi connectivity index (χ2n) is 4.72. The molecule has 21 heavy (non-hydrogen) atoms. The van der Waals surface area contributed by atoms with Gasteiger partial charge in [-0.2, -0.15) is 0 Å². The summed E-state index contributed by atoms with van der Waals surface area (Å²) in [4.78, 5) is 19.4. The van der Waals surface area contributed by atoms with E-state index in [0.717, 1.165) is 17.0 Å². The maximum atomic E-state index is 13.2. The van der Waals surface area contributed by atoms with Crippen molar-refractivity contribution in [3.63, 3.8) is 0 Å². The molecule has 0 saturated heterocycles. The van der Waals surface area contributed by atoms with Gasteiger partial charge in [0.05, 0.1) is 5.02 Å². The summed E-state index contributed by atoms with van der Waals surface area (Å²) in [5.41, 5.74) is 2.89. The van der Waals surface area contributed by atoms with E-state index in [2.05, 4.69) is 9.97 Å². The predicted molar refractivity (Wildman–Crippen MR) is 77.9 cm³/mol. The molecule has 4 nitrogen and oxygen atoms in total. The summed E-state index contributed by atoms with van der Waals surface area (Å²) in [6, 6.07) is 4.30. The van der Waals surface area contributed by atoms with Crippen LogP contribution in [0, 0.1) is 19.7 Å². The minimum absolute atomic E-state index is 0.0151. The molecule has 0 fully saturated rings. The Balaban J connectivity index is 2.38. The Bertz CT molecular complexity index is 681. The van der Waals surface area contributed by atoms with Gasteiger partial charge in [0.1, 0.15) is 5.82 Å². The van der Waals surface area contributed by atoms with Gasteiger partial charge in [0.25, 0.3) is 0 Å². The van der Waals surface area contributed by atoms with Gasteiger partial charge in [0, 0.05) is 23.4 Å². The van der Waals surface area contributed by atoms with Gasteiger partial charge < -0.3 is 5.11 Å². The molecule has 110 valence electrons. The highest BCUT2D eigenvalue weighted by atomic mass is 35.5. The van der Waals surface area contributed by atoms with E-state index in [4.69, 9.17) is 16.7 Å². The summed E-state index contributed by atoms with van der Waals surface area (Å²) in [5, 5.41) is 8.77. The first-order chi connectivity index (χ1) is 9.88. The smallest absolute Gasteiger partial charge is 0.303 e. The summed E-state index contributed by atoms with van der Waals surface area (Å²) in [7, 11) is 0. The second kappa shape index (κ2) is 6.18. The number of aromatic nitrogens is 2. The average Bonchev–Trinajstić information content (AvgIpc) is 2.40. The number of rotatable bonds is 4. The third-order valence-electron chi connectivity index (χ3n) is 3.19. The molecule has 0 aliphatic carbocycles. The quantitative estimate of drug-likeness (QED) is 0.938. The summed E-state index contributed by atoms with van der Waals surface area (Å²) in [6.07, 6.45) is 0.421. The Morgan fingerprint density at radius 2 is 1.90 bits per heavy atom. The van der Waals surface area contributed by atoms with E-state index in [-0.39, 0.29) is 11.4 Å². The van der Waals surface area contributed by atoms with Gasteiger partial charge in [0.2, 0.25) is 0 Å². The zero-order valence-electron chi connectivity index (χ0n) is 11.7. The first-order valence-corrected chi connectivity index (χ1v) is 6.77. The minimum Gasteiger partial charge on any atom is -0.481 e. The van der Waals surface area contributed by atoms with Crippen LogP contribution in [0.5, 0.6) is 0 Å². The number of hydrogen-bond acceptors (Lipinski definition) is 3. The lowest BCUT2D eigenvalue weighted by Gasteiger charge is -2.10. The fourth-order valence-electron chi connectivity index (χ4n) is 2.10. The molecule has 0 unspecified atom stereocenters. The van der Waals surface area contributed by atoms with Crippen LogP contribution in [0.25, 0.3) is 11.4 Å². The van der Waals surface area contributed by atoms with E-state index in [1.165, 1.54) is 12.1 Å². The number of carboxylic acids is 1. The van der Waals surface area contributed by atoms with Crippen molar-refractivity contribution in [2.24, 2.45) is 0 Å². The lowest BCUT2D eigenvalue weighted by atomic mass is 10.1. The van der Waals surface area contributed by atoms with Gasteiger partial charge in [-0.15, -0.1) is 0 Å². The summed E-state index contributed by atoms with van der Waals surface area (Å²) < 4.78 is 13.2. The molecule has 0 radical (unpaired) electrons. The van der Waals surface area contributed by atoms with Gasteiger partial charge in [-0.05, 0) is 44.0 Å². The number of carboxylic acid groups (broad SMARTS) is 1. The molecule has 0 bridgehead atoms. The Morgan fingerprint density at radius 1 is 1.29 bits per heavy atom. The highest BCUT2D eigenvalue weighted by Gasteiger charge is 2.12. The van der Waals surface area contributed by atoms with Crippen molar-refractivity contribution in [1.29, 1.82) is 0 Å². The molecule has 0 aliphatic rings. The van der Waals surface area contributed by atoms with Crippen molar-refractivity contribution in [3.05, 3.63) is 46.0 Å². The van der Waals surface area contributed by atoms with Crippen LogP contribution in [0.2, 0.25) is 5.02 Å². The lowest BCUT2D eigenvalue weighted by Crippen LogP contribution is -2.06. The minimum atomic E-state index is -0.858. The van der Waals surface area contributed by atoms with Crippen molar-refractivity contribution >= 4 is 17.6 Å². The fraction of sp³-hybridized carbons (Fsp3) is 0.267. The summed E-state index contributed by atoms with van der Waals surface area (Å²) >= 11 is 5.76. The van der Waals surface area contributed by atoms with Crippen LogP contribution < -0.4 is 0 Å². The number of carbonyl (C=O) groups is 1. The molecule has 1 N–H and O–H groups in total. The highest BCUT2D eigenvalue weighted by molar-refractivity contribution is 6.31. The van der Waals surface area contributed by atoms with Crippen LogP contribution in [0.3, 0.4) is 0 Å². The first-order valence-electron chi connectivity index (χ1n) is 6.40. The standard InChI is InChI=1S/C15H14ClFN2O2/c1-8-11(4-6-14(20)21)9(2)19-15(18-8)10-3-5-13(17)12(16)7-10/h3,5,7H,4,6H2,1-2H3,(H,20,21). The van der Waals surface area contributed by atoms with Gasteiger partial charge in [-0.25, -0.2) is 14.4 Å². The van der Waals surface area contributed by atoms with Crippen LogP contribution in [-0.2, 0) is 11.2 Å². The van der Waals surface area contributed by atoms with Crippen LogP contribution in [0.1, 0.15) is 23.4 Å². The molecule has 0 atom stereocenters. The topological polar surface area (TPSA) is 63.1 Å². The Labute approximate surface area is 126 Å². The van der Waals surface area contributed by atoms with Crippen molar-refractivity contribution < 1.29 is 14.3 Å². The number of aryl methyl sites for hydroxylation is 2. The molecule has 6 heteroatoms. The Morgan fingerprint density at radius 3 is 2.43 bits per heavy atom. The first kappa shape index (κ1) is 15.4. The molecular weight excluding hydrogens is 295 g/mol. The maximum Gasteiger partial charge on any atom is 0.303 e. The molecule has 1 aromatic carbocycles. The largest absolute Gasteiger partial charge is 0.481 e. The van der Waals surface area contributed by atoms with Crippen LogP contribution in [0.4, 0.5) is 4.39 Å². The van der Waals surface area contributed by atoms with E-state index in [9.17, 15) is 9.18 Å².